The van der Waals surface area contributed by atoms with Gasteiger partial charge in [0.15, 0.2) is 5.65 Å². The van der Waals surface area contributed by atoms with Gasteiger partial charge in [-0.15, -0.1) is 6.58 Å². The van der Waals surface area contributed by atoms with Gasteiger partial charge in [0.05, 0.1) is 30.1 Å². The first-order chi connectivity index (χ1) is 16.4. The third-order valence-electron chi connectivity index (χ3n) is 6.88. The smallest absolute Gasteiger partial charge is 0.264 e. The van der Waals surface area contributed by atoms with Gasteiger partial charge in [-0.3, -0.25) is 19.1 Å². The summed E-state index contributed by atoms with van der Waals surface area (Å²) in [6.07, 6.45) is 6.26. The van der Waals surface area contributed by atoms with Crippen molar-refractivity contribution in [1.82, 2.24) is 29.1 Å². The Kier molecular flexibility index (Phi) is 5.78. The largest absolute Gasteiger partial charge is 0.388 e. The van der Waals surface area contributed by atoms with E-state index in [1.807, 2.05) is 4.90 Å². The molecule has 0 spiro atoms. The normalized spacial score (nSPS) is 20.3. The van der Waals surface area contributed by atoms with E-state index in [-0.39, 0.29) is 29.9 Å². The van der Waals surface area contributed by atoms with E-state index in [0.29, 0.717) is 49.2 Å². The van der Waals surface area contributed by atoms with Crippen LogP contribution in [0.2, 0.25) is 0 Å². The van der Waals surface area contributed by atoms with Crippen LogP contribution in [0.3, 0.4) is 0 Å². The first-order valence-corrected chi connectivity index (χ1v) is 11.4. The lowest BCUT2D eigenvalue weighted by atomic mass is 9.90. The lowest BCUT2D eigenvalue weighted by Gasteiger charge is -2.44. The average Bonchev–Trinajstić information content (AvgIpc) is 3.24. The molecular formula is C24H27FN6O3. The van der Waals surface area contributed by atoms with Crippen molar-refractivity contribution in [2.45, 2.75) is 37.5 Å². The Labute approximate surface area is 195 Å². The second kappa shape index (κ2) is 8.77. The molecule has 1 amide bonds. The summed E-state index contributed by atoms with van der Waals surface area (Å²) in [7, 11) is 0. The highest BCUT2D eigenvalue weighted by Crippen LogP contribution is 2.27. The summed E-state index contributed by atoms with van der Waals surface area (Å²) in [5, 5.41) is 15.7. The third kappa shape index (κ3) is 4.03. The molecule has 5 rings (SSSR count). The topological polar surface area (TPSA) is 96.5 Å². The predicted molar refractivity (Wildman–Crippen MR) is 124 cm³/mol. The van der Waals surface area contributed by atoms with Crippen LogP contribution in [0.15, 0.2) is 54.2 Å². The number of aromatic nitrogens is 4. The molecule has 10 heteroatoms. The average molecular weight is 467 g/mol. The van der Waals surface area contributed by atoms with Crippen molar-refractivity contribution in [3.63, 3.8) is 0 Å². The number of nitrogens with zero attached hydrogens (tertiary/aromatic N) is 6. The minimum atomic E-state index is -1.11. The molecule has 34 heavy (non-hydrogen) atoms. The van der Waals surface area contributed by atoms with Gasteiger partial charge in [-0.2, -0.15) is 5.10 Å². The van der Waals surface area contributed by atoms with E-state index in [9.17, 15) is 19.1 Å². The molecule has 0 saturated carbocycles. The van der Waals surface area contributed by atoms with Crippen LogP contribution in [0.25, 0.3) is 16.7 Å². The Morgan fingerprint density at radius 2 is 1.97 bits per heavy atom. The standard InChI is InChI=1S/C24H27FN6O3/c1-2-10-28-11-7-20(28)23(33)29-12-8-24(34,9-13-29)15-30-16-26-21-19(22(30)32)14-27-31(21)18-5-3-17(25)4-6-18/h2-6,14,16,20,34H,1,7-13,15H2/t20-/m1/s1. The zero-order chi connectivity index (χ0) is 23.9. The molecule has 0 unspecified atom stereocenters. The monoisotopic (exact) mass is 466 g/mol. The Bertz CT molecular complexity index is 1280. The molecule has 9 nitrogen and oxygen atoms in total. The van der Waals surface area contributed by atoms with Crippen LogP contribution in [0.5, 0.6) is 0 Å². The van der Waals surface area contributed by atoms with Crippen LogP contribution < -0.4 is 5.56 Å². The number of hydrogen-bond donors (Lipinski definition) is 1. The van der Waals surface area contributed by atoms with Crippen molar-refractivity contribution < 1.29 is 14.3 Å². The van der Waals surface area contributed by atoms with Gasteiger partial charge in [-0.25, -0.2) is 14.1 Å². The van der Waals surface area contributed by atoms with Gasteiger partial charge in [-0.1, -0.05) is 6.08 Å². The van der Waals surface area contributed by atoms with Gasteiger partial charge < -0.3 is 10.0 Å². The first kappa shape index (κ1) is 22.4. The van der Waals surface area contributed by atoms with E-state index in [4.69, 9.17) is 0 Å². The molecule has 0 bridgehead atoms. The van der Waals surface area contributed by atoms with Gasteiger partial charge >= 0.3 is 0 Å². The van der Waals surface area contributed by atoms with Crippen LogP contribution in [0.1, 0.15) is 19.3 Å². The number of amides is 1. The molecule has 1 N–H and O–H groups in total. The third-order valence-corrected chi connectivity index (χ3v) is 6.88. The maximum Gasteiger partial charge on any atom is 0.264 e. The number of halogens is 1. The van der Waals surface area contributed by atoms with Gasteiger partial charge in [0.1, 0.15) is 17.5 Å². The minimum Gasteiger partial charge on any atom is -0.388 e. The van der Waals surface area contributed by atoms with E-state index in [2.05, 4.69) is 21.6 Å². The maximum absolute atomic E-state index is 13.2. The molecular weight excluding hydrogens is 439 g/mol. The van der Waals surface area contributed by atoms with Crippen molar-refractivity contribution in [2.75, 3.05) is 26.2 Å². The fraction of sp³-hybridized carbons (Fsp3) is 0.417. The van der Waals surface area contributed by atoms with Crippen molar-refractivity contribution in [3.8, 4) is 5.69 Å². The number of rotatable bonds is 6. The second-order valence-electron chi connectivity index (χ2n) is 9.09. The van der Waals surface area contributed by atoms with Gasteiger partial charge in [0, 0.05) is 26.2 Å². The summed E-state index contributed by atoms with van der Waals surface area (Å²) < 4.78 is 16.1. The van der Waals surface area contributed by atoms with Crippen molar-refractivity contribution in [3.05, 3.63) is 65.6 Å². The second-order valence-corrected chi connectivity index (χ2v) is 9.09. The number of likely N-dealkylation sites (tertiary alicyclic amines) is 2. The van der Waals surface area contributed by atoms with E-state index in [0.717, 1.165) is 13.0 Å². The van der Waals surface area contributed by atoms with Crippen molar-refractivity contribution in [2.24, 2.45) is 0 Å². The van der Waals surface area contributed by atoms with Crippen molar-refractivity contribution in [1.29, 1.82) is 0 Å². The minimum absolute atomic E-state index is 0.0878. The van der Waals surface area contributed by atoms with E-state index in [1.54, 1.807) is 18.2 Å². The Balaban J connectivity index is 1.28. The van der Waals surface area contributed by atoms with Crippen LogP contribution in [0, 0.1) is 5.82 Å². The van der Waals surface area contributed by atoms with Gasteiger partial charge in [0.2, 0.25) is 5.91 Å². The summed E-state index contributed by atoms with van der Waals surface area (Å²) in [4.78, 5) is 34.2. The number of carbonyl (C=O) groups is 1. The van der Waals surface area contributed by atoms with Crippen molar-refractivity contribution >= 4 is 16.9 Å². The quantitative estimate of drug-likeness (QED) is 0.551. The van der Waals surface area contributed by atoms with Crippen LogP contribution in [-0.4, -0.2) is 78.0 Å². The Hall–Kier alpha value is -3.37. The number of fused-ring (bicyclic) bond motifs is 1. The van der Waals surface area contributed by atoms with Gasteiger partial charge in [0.25, 0.3) is 5.56 Å². The molecule has 3 aromatic rings. The van der Waals surface area contributed by atoms with Gasteiger partial charge in [-0.05, 0) is 43.5 Å². The fourth-order valence-corrected chi connectivity index (χ4v) is 4.77. The number of carbonyl (C=O) groups excluding carboxylic acids is 1. The molecule has 2 saturated heterocycles. The highest BCUT2D eigenvalue weighted by Gasteiger charge is 2.40. The van der Waals surface area contributed by atoms with Crippen LogP contribution in [0.4, 0.5) is 4.39 Å². The zero-order valence-electron chi connectivity index (χ0n) is 18.8. The zero-order valence-corrected chi connectivity index (χ0v) is 18.8. The molecule has 1 atom stereocenters. The van der Waals surface area contributed by atoms with E-state index in [1.165, 1.54) is 33.9 Å². The molecule has 2 aliphatic heterocycles. The highest BCUT2D eigenvalue weighted by atomic mass is 19.1. The molecule has 4 heterocycles. The summed E-state index contributed by atoms with van der Waals surface area (Å²) in [5.41, 5.74) is -0.455. The summed E-state index contributed by atoms with van der Waals surface area (Å²) >= 11 is 0. The summed E-state index contributed by atoms with van der Waals surface area (Å²) in [6.45, 7) is 6.32. The maximum atomic E-state index is 13.2. The van der Waals surface area contributed by atoms with Crippen LogP contribution in [-0.2, 0) is 11.3 Å². The van der Waals surface area contributed by atoms with E-state index < -0.39 is 5.60 Å². The SMILES string of the molecule is C=CCN1CC[C@@H]1C(=O)N1CCC(O)(Cn2cnc3c(cnn3-c3ccc(F)cc3)c2=O)CC1. The van der Waals surface area contributed by atoms with Crippen LogP contribution >= 0.6 is 0 Å². The molecule has 1 aromatic carbocycles. The first-order valence-electron chi connectivity index (χ1n) is 11.4. The van der Waals surface area contributed by atoms with E-state index >= 15 is 0 Å². The highest BCUT2D eigenvalue weighted by molar-refractivity contribution is 5.83. The summed E-state index contributed by atoms with van der Waals surface area (Å²) in [5.74, 6) is -0.262. The molecule has 2 fully saturated rings. The Morgan fingerprint density at radius 3 is 2.62 bits per heavy atom. The Morgan fingerprint density at radius 1 is 1.24 bits per heavy atom. The number of aliphatic hydroxyl groups is 1. The fourth-order valence-electron chi connectivity index (χ4n) is 4.77. The molecule has 0 radical (unpaired) electrons. The summed E-state index contributed by atoms with van der Waals surface area (Å²) in [6, 6.07) is 5.66. The predicted octanol–water partition coefficient (Wildman–Crippen LogP) is 1.34. The lowest BCUT2D eigenvalue weighted by Crippen LogP contribution is -2.59. The molecule has 2 aromatic heterocycles. The number of hydrogen-bond acceptors (Lipinski definition) is 6. The lowest BCUT2D eigenvalue weighted by molar-refractivity contribution is -0.145. The molecule has 178 valence electrons. The molecule has 0 aliphatic carbocycles. The molecule has 2 aliphatic rings. The number of piperidine rings is 1. The number of benzene rings is 1.